The maximum absolute atomic E-state index is 13.6. The van der Waals surface area contributed by atoms with Crippen molar-refractivity contribution >= 4 is 27.4 Å². The zero-order valence-electron chi connectivity index (χ0n) is 18.0. The lowest BCUT2D eigenvalue weighted by atomic mass is 9.76. The van der Waals surface area contributed by atoms with Gasteiger partial charge in [0.2, 0.25) is 0 Å². The molecule has 180 valence electrons. The number of hydrogen-bond acceptors (Lipinski definition) is 5. The first-order chi connectivity index (χ1) is 16.1. The fourth-order valence-electron chi connectivity index (χ4n) is 5.89. The van der Waals surface area contributed by atoms with Crippen LogP contribution in [0.2, 0.25) is 0 Å². The molecule has 0 radical (unpaired) electrons. The molecule has 2 aliphatic carbocycles. The van der Waals surface area contributed by atoms with Crippen molar-refractivity contribution < 1.29 is 35.9 Å². The van der Waals surface area contributed by atoms with E-state index in [9.17, 15) is 31.2 Å². The summed E-state index contributed by atoms with van der Waals surface area (Å²) in [6.07, 6.45) is 3.47. The smallest absolute Gasteiger partial charge is 0.306 e. The minimum Gasteiger partial charge on any atom is -0.459 e. The maximum atomic E-state index is 13.6. The van der Waals surface area contributed by atoms with Gasteiger partial charge in [0.15, 0.2) is 27.3 Å². The van der Waals surface area contributed by atoms with Gasteiger partial charge in [-0.05, 0) is 62.1 Å². The van der Waals surface area contributed by atoms with Crippen LogP contribution in [0.15, 0.2) is 41.3 Å². The van der Waals surface area contributed by atoms with Gasteiger partial charge in [0.25, 0.3) is 5.91 Å². The minimum atomic E-state index is -3.80. The van der Waals surface area contributed by atoms with E-state index >= 15 is 0 Å². The SMILES string of the molecule is O=C1CC[C@]2(CC3CCC(C2)[C@@H]3S(=O)(=O)c2cccc(C(=O)Nc3cc(F)c(F)c(F)c3)c2)O1. The van der Waals surface area contributed by atoms with Crippen LogP contribution < -0.4 is 5.32 Å². The Kier molecular flexibility index (Phi) is 5.46. The first kappa shape index (κ1) is 22.9. The van der Waals surface area contributed by atoms with Gasteiger partial charge in [-0.2, -0.15) is 0 Å². The average Bonchev–Trinajstić information content (AvgIpc) is 3.29. The number of hydrogen-bond donors (Lipinski definition) is 1. The highest BCUT2D eigenvalue weighted by Gasteiger charge is 2.57. The summed E-state index contributed by atoms with van der Waals surface area (Å²) in [5, 5.41) is 1.63. The molecule has 2 aromatic carbocycles. The third kappa shape index (κ3) is 3.87. The molecule has 3 aliphatic rings. The Bertz CT molecular complexity index is 1260. The Morgan fingerprint density at radius 2 is 1.68 bits per heavy atom. The highest BCUT2D eigenvalue weighted by molar-refractivity contribution is 7.92. The van der Waals surface area contributed by atoms with Gasteiger partial charge in [-0.15, -0.1) is 0 Å². The highest BCUT2D eigenvalue weighted by atomic mass is 32.2. The van der Waals surface area contributed by atoms with Crippen molar-refractivity contribution in [2.24, 2.45) is 11.8 Å². The molecule has 6 nitrogen and oxygen atoms in total. The zero-order valence-corrected chi connectivity index (χ0v) is 18.8. The summed E-state index contributed by atoms with van der Waals surface area (Å²) >= 11 is 0. The normalized spacial score (nSPS) is 28.2. The van der Waals surface area contributed by atoms with Crippen LogP contribution in [-0.4, -0.2) is 31.1 Å². The quantitative estimate of drug-likeness (QED) is 0.504. The number of anilines is 1. The second kappa shape index (κ2) is 8.11. The summed E-state index contributed by atoms with van der Waals surface area (Å²) in [7, 11) is -3.80. The Hall–Kier alpha value is -2.88. The summed E-state index contributed by atoms with van der Waals surface area (Å²) < 4.78 is 72.9. The summed E-state index contributed by atoms with van der Waals surface area (Å²) in [5.74, 6) is -5.86. The Morgan fingerprint density at radius 3 is 2.26 bits per heavy atom. The van der Waals surface area contributed by atoms with Gasteiger partial charge >= 0.3 is 5.97 Å². The number of esters is 1. The van der Waals surface area contributed by atoms with Crippen LogP contribution in [-0.2, 0) is 19.4 Å². The highest BCUT2D eigenvalue weighted by Crippen LogP contribution is 2.54. The molecular weight excluding hydrogens is 471 g/mol. The zero-order chi connectivity index (χ0) is 24.3. The van der Waals surface area contributed by atoms with E-state index in [2.05, 4.69) is 5.32 Å². The van der Waals surface area contributed by atoms with Gasteiger partial charge in [-0.3, -0.25) is 9.59 Å². The molecule has 1 N–H and O–H groups in total. The first-order valence-corrected chi connectivity index (χ1v) is 12.6. The van der Waals surface area contributed by atoms with Crippen molar-refractivity contribution in [3.63, 3.8) is 0 Å². The molecule has 5 rings (SSSR count). The second-order valence-corrected chi connectivity index (χ2v) is 11.5. The number of nitrogens with one attached hydrogen (secondary N) is 1. The number of ether oxygens (including phenoxy) is 1. The van der Waals surface area contributed by atoms with E-state index in [1.807, 2.05) is 0 Å². The second-order valence-electron chi connectivity index (χ2n) is 9.41. The molecule has 10 heteroatoms. The van der Waals surface area contributed by atoms with Crippen LogP contribution in [0.1, 0.15) is 48.9 Å². The largest absolute Gasteiger partial charge is 0.459 e. The van der Waals surface area contributed by atoms with Crippen LogP contribution >= 0.6 is 0 Å². The molecule has 1 aliphatic heterocycles. The maximum Gasteiger partial charge on any atom is 0.306 e. The van der Waals surface area contributed by atoms with Gasteiger partial charge in [-0.25, -0.2) is 21.6 Å². The predicted octanol–water partition coefficient (Wildman–Crippen LogP) is 4.39. The van der Waals surface area contributed by atoms with Crippen molar-refractivity contribution in [3.8, 4) is 0 Å². The molecule has 2 unspecified atom stereocenters. The molecule has 2 saturated carbocycles. The fourth-order valence-corrected chi connectivity index (χ4v) is 8.24. The molecule has 1 saturated heterocycles. The van der Waals surface area contributed by atoms with Crippen LogP contribution in [0.25, 0.3) is 0 Å². The van der Waals surface area contributed by atoms with E-state index in [1.165, 1.54) is 24.3 Å². The standard InChI is InChI=1S/C24H22F3NO5S/c25-18-9-16(10-19(26)21(18)27)28-23(30)13-2-1-3-17(8-13)34(31,32)22-14-4-5-15(22)12-24(11-14)7-6-20(29)33-24/h1-3,8-10,14-15,22H,4-7,11-12H2,(H,28,30)/t14?,15?,22-,24-. The molecule has 34 heavy (non-hydrogen) atoms. The topological polar surface area (TPSA) is 89.5 Å². The lowest BCUT2D eigenvalue weighted by molar-refractivity contribution is -0.152. The van der Waals surface area contributed by atoms with Crippen molar-refractivity contribution in [1.82, 2.24) is 0 Å². The Labute approximate surface area is 194 Å². The third-order valence-corrected chi connectivity index (χ3v) is 9.64. The third-order valence-electron chi connectivity index (χ3n) is 7.25. The van der Waals surface area contributed by atoms with E-state index < -0.39 is 44.0 Å². The van der Waals surface area contributed by atoms with E-state index in [-0.39, 0.29) is 34.0 Å². The summed E-state index contributed by atoms with van der Waals surface area (Å²) in [6.45, 7) is 0. The molecule has 2 aromatic rings. The predicted molar refractivity (Wildman–Crippen MR) is 115 cm³/mol. The molecular formula is C24H22F3NO5S. The van der Waals surface area contributed by atoms with Gasteiger partial charge in [0.1, 0.15) is 5.60 Å². The van der Waals surface area contributed by atoms with Gasteiger partial charge < -0.3 is 10.1 Å². The number of amides is 1. The molecule has 1 heterocycles. The number of fused-ring (bicyclic) bond motifs is 2. The number of carbonyl (C=O) groups is 2. The molecule has 2 atom stereocenters. The number of sulfone groups is 1. The van der Waals surface area contributed by atoms with Crippen molar-refractivity contribution in [1.29, 1.82) is 0 Å². The number of rotatable bonds is 4. The molecule has 0 aromatic heterocycles. The van der Waals surface area contributed by atoms with Crippen molar-refractivity contribution in [2.75, 3.05) is 5.32 Å². The van der Waals surface area contributed by atoms with Crippen molar-refractivity contribution in [3.05, 3.63) is 59.4 Å². The number of benzene rings is 2. The van der Waals surface area contributed by atoms with Crippen LogP contribution in [0, 0.1) is 29.3 Å². The van der Waals surface area contributed by atoms with E-state index in [0.717, 1.165) is 12.8 Å². The van der Waals surface area contributed by atoms with Crippen LogP contribution in [0.4, 0.5) is 18.9 Å². The minimum absolute atomic E-state index is 0.0158. The lowest BCUT2D eigenvalue weighted by Crippen LogP contribution is -2.46. The lowest BCUT2D eigenvalue weighted by Gasteiger charge is -2.40. The average molecular weight is 494 g/mol. The fraction of sp³-hybridized carbons (Fsp3) is 0.417. The van der Waals surface area contributed by atoms with E-state index in [4.69, 9.17) is 4.74 Å². The number of halogens is 3. The number of carbonyl (C=O) groups excluding carboxylic acids is 2. The summed E-state index contributed by atoms with van der Waals surface area (Å²) in [6, 6.07) is 6.75. The molecule has 1 amide bonds. The first-order valence-electron chi connectivity index (χ1n) is 11.1. The monoisotopic (exact) mass is 493 g/mol. The summed E-state index contributed by atoms with van der Waals surface area (Å²) in [4.78, 5) is 24.3. The van der Waals surface area contributed by atoms with Crippen LogP contribution in [0.5, 0.6) is 0 Å². The molecule has 2 bridgehead atoms. The van der Waals surface area contributed by atoms with Crippen LogP contribution in [0.3, 0.4) is 0 Å². The Balaban J connectivity index is 1.38. The van der Waals surface area contributed by atoms with E-state index in [0.29, 0.717) is 37.8 Å². The van der Waals surface area contributed by atoms with Crippen molar-refractivity contribution in [2.45, 2.75) is 54.3 Å². The Morgan fingerprint density at radius 1 is 1.03 bits per heavy atom. The van der Waals surface area contributed by atoms with Gasteiger partial charge in [0.05, 0.1) is 10.1 Å². The molecule has 1 spiro atoms. The molecule has 3 fully saturated rings. The summed E-state index contributed by atoms with van der Waals surface area (Å²) in [5.41, 5.74) is -0.872. The van der Waals surface area contributed by atoms with E-state index in [1.54, 1.807) is 0 Å². The van der Waals surface area contributed by atoms with Gasteiger partial charge in [0, 0.05) is 29.8 Å². The van der Waals surface area contributed by atoms with Gasteiger partial charge in [-0.1, -0.05) is 6.07 Å².